The molecule has 178 valence electrons. The van der Waals surface area contributed by atoms with Crippen LogP contribution in [0, 0.1) is 12.8 Å². The predicted octanol–water partition coefficient (Wildman–Crippen LogP) is 4.97. The van der Waals surface area contributed by atoms with E-state index in [0.29, 0.717) is 29.6 Å². The van der Waals surface area contributed by atoms with Crippen LogP contribution in [-0.4, -0.2) is 50.0 Å². The summed E-state index contributed by atoms with van der Waals surface area (Å²) in [4.78, 5) is 6.40. The number of hydrogen-bond donors (Lipinski definition) is 0. The van der Waals surface area contributed by atoms with Crippen LogP contribution in [0.2, 0.25) is 0 Å². The van der Waals surface area contributed by atoms with Crippen LogP contribution in [0.4, 0.5) is 13.2 Å². The topological polar surface area (TPSA) is 60.0 Å². The van der Waals surface area contributed by atoms with Crippen LogP contribution in [0.15, 0.2) is 40.2 Å². The molecule has 2 atom stereocenters. The fourth-order valence-electron chi connectivity index (χ4n) is 4.95. The molecule has 2 fully saturated rings. The molecule has 11 heteroatoms. The molecule has 1 aliphatic heterocycles. The van der Waals surface area contributed by atoms with Gasteiger partial charge >= 0.3 is 6.18 Å². The molecule has 5 rings (SSSR count). The van der Waals surface area contributed by atoms with E-state index in [1.807, 2.05) is 18.5 Å². The summed E-state index contributed by atoms with van der Waals surface area (Å²) in [6.45, 7) is 4.30. The van der Waals surface area contributed by atoms with Gasteiger partial charge in [0.2, 0.25) is 5.82 Å². The number of benzene rings is 1. The summed E-state index contributed by atoms with van der Waals surface area (Å²) in [5.41, 5.74) is 0.446. The van der Waals surface area contributed by atoms with Crippen molar-refractivity contribution in [2.24, 2.45) is 13.0 Å². The van der Waals surface area contributed by atoms with E-state index in [-0.39, 0.29) is 17.8 Å². The molecular formula is C22H25ClF3N5OS. The van der Waals surface area contributed by atoms with Gasteiger partial charge in [-0.2, -0.15) is 13.2 Å². The number of halogens is 4. The highest BCUT2D eigenvalue weighted by Crippen LogP contribution is 2.60. The van der Waals surface area contributed by atoms with Crippen LogP contribution >= 0.6 is 24.2 Å². The van der Waals surface area contributed by atoms with Crippen LogP contribution in [0.1, 0.15) is 29.7 Å². The van der Waals surface area contributed by atoms with E-state index < -0.39 is 11.7 Å². The first-order valence-corrected chi connectivity index (χ1v) is 11.6. The van der Waals surface area contributed by atoms with Gasteiger partial charge in [0.05, 0.1) is 11.3 Å². The summed E-state index contributed by atoms with van der Waals surface area (Å²) in [7, 11) is 1.90. The highest BCUT2D eigenvalue weighted by molar-refractivity contribution is 7.99. The standard InChI is InChI=1S/C22H24F3N5OS.ClH/c1-14-18(31-13-26-14)19-27-28-20(29(19)2)32-9-5-8-30-11-15-10-21(15,12-30)16-6-3-4-7-17(16)22(23,24)25;/h3-4,6-7,13,15H,5,8-12H2,1-2H3;1H. The van der Waals surface area contributed by atoms with Gasteiger partial charge in [0, 0.05) is 31.3 Å². The van der Waals surface area contributed by atoms with Crippen LogP contribution in [-0.2, 0) is 18.6 Å². The van der Waals surface area contributed by atoms with Gasteiger partial charge in [-0.05, 0) is 43.9 Å². The second kappa shape index (κ2) is 8.96. The summed E-state index contributed by atoms with van der Waals surface area (Å²) in [5.74, 6) is 2.44. The number of aryl methyl sites for hydroxylation is 1. The zero-order valence-electron chi connectivity index (χ0n) is 18.3. The molecule has 2 aliphatic rings. The number of likely N-dealkylation sites (tertiary alicyclic amines) is 1. The molecule has 0 amide bonds. The smallest absolute Gasteiger partial charge is 0.416 e. The molecule has 1 saturated heterocycles. The van der Waals surface area contributed by atoms with Crippen molar-refractivity contribution < 1.29 is 17.6 Å². The number of aromatic nitrogens is 4. The fourth-order valence-corrected chi connectivity index (χ4v) is 5.78. The maximum Gasteiger partial charge on any atom is 0.416 e. The van der Waals surface area contributed by atoms with Gasteiger partial charge in [-0.3, -0.25) is 0 Å². The Kier molecular flexibility index (Phi) is 6.54. The first-order chi connectivity index (χ1) is 15.3. The van der Waals surface area contributed by atoms with Crippen molar-refractivity contribution in [2.75, 3.05) is 25.4 Å². The molecule has 1 aromatic carbocycles. The number of rotatable bonds is 7. The number of nitrogens with zero attached hydrogens (tertiary/aromatic N) is 5. The van der Waals surface area contributed by atoms with Crippen LogP contribution < -0.4 is 0 Å². The summed E-state index contributed by atoms with van der Waals surface area (Å²) in [5, 5.41) is 9.27. The monoisotopic (exact) mass is 499 g/mol. The van der Waals surface area contributed by atoms with Gasteiger partial charge in [0.1, 0.15) is 0 Å². The van der Waals surface area contributed by atoms with Gasteiger partial charge in [0.15, 0.2) is 17.3 Å². The fraction of sp³-hybridized carbons (Fsp3) is 0.500. The molecule has 2 aromatic heterocycles. The molecule has 0 bridgehead atoms. The average molecular weight is 500 g/mol. The van der Waals surface area contributed by atoms with Crippen molar-refractivity contribution in [2.45, 2.75) is 36.5 Å². The minimum atomic E-state index is -4.30. The first kappa shape index (κ1) is 24.1. The second-order valence-electron chi connectivity index (χ2n) is 8.67. The molecule has 2 unspecified atom stereocenters. The van der Waals surface area contributed by atoms with Gasteiger partial charge < -0.3 is 13.9 Å². The van der Waals surface area contributed by atoms with Crippen molar-refractivity contribution in [3.63, 3.8) is 0 Å². The maximum atomic E-state index is 13.5. The summed E-state index contributed by atoms with van der Waals surface area (Å²) in [6.07, 6.45) is -1.12. The average Bonchev–Trinajstić information content (AvgIpc) is 3.05. The van der Waals surface area contributed by atoms with Crippen molar-refractivity contribution >= 4 is 24.2 Å². The zero-order chi connectivity index (χ0) is 22.5. The highest BCUT2D eigenvalue weighted by atomic mass is 35.5. The molecule has 0 N–H and O–H groups in total. The van der Waals surface area contributed by atoms with Gasteiger partial charge in [-0.15, -0.1) is 22.6 Å². The molecular weight excluding hydrogens is 475 g/mol. The van der Waals surface area contributed by atoms with Crippen LogP contribution in [0.25, 0.3) is 11.6 Å². The van der Waals surface area contributed by atoms with E-state index >= 15 is 0 Å². The first-order valence-electron chi connectivity index (χ1n) is 10.6. The Morgan fingerprint density at radius 1 is 1.24 bits per heavy atom. The van der Waals surface area contributed by atoms with Crippen LogP contribution in [0.5, 0.6) is 0 Å². The Morgan fingerprint density at radius 2 is 2.03 bits per heavy atom. The minimum Gasteiger partial charge on any atom is -0.440 e. The zero-order valence-corrected chi connectivity index (χ0v) is 19.9. The Balaban J connectivity index is 0.00000259. The minimum absolute atomic E-state index is 0. The molecule has 1 aliphatic carbocycles. The molecule has 1 saturated carbocycles. The Morgan fingerprint density at radius 3 is 2.76 bits per heavy atom. The summed E-state index contributed by atoms with van der Waals surface area (Å²) >= 11 is 1.62. The maximum absolute atomic E-state index is 13.5. The normalized spacial score (nSPS) is 22.3. The molecule has 0 radical (unpaired) electrons. The van der Waals surface area contributed by atoms with Crippen molar-refractivity contribution in [3.05, 3.63) is 47.5 Å². The molecule has 33 heavy (non-hydrogen) atoms. The van der Waals surface area contributed by atoms with E-state index in [2.05, 4.69) is 20.1 Å². The largest absolute Gasteiger partial charge is 0.440 e. The number of alkyl halides is 3. The molecule has 3 aromatic rings. The van der Waals surface area contributed by atoms with Gasteiger partial charge in [-0.25, -0.2) is 4.98 Å². The van der Waals surface area contributed by atoms with Crippen molar-refractivity contribution in [1.82, 2.24) is 24.6 Å². The second-order valence-corrected chi connectivity index (χ2v) is 9.73. The van der Waals surface area contributed by atoms with E-state index in [9.17, 15) is 13.2 Å². The third-order valence-electron chi connectivity index (χ3n) is 6.62. The van der Waals surface area contributed by atoms with E-state index in [4.69, 9.17) is 4.42 Å². The molecule has 3 heterocycles. The lowest BCUT2D eigenvalue weighted by atomic mass is 9.90. The van der Waals surface area contributed by atoms with Crippen LogP contribution in [0.3, 0.4) is 0 Å². The van der Waals surface area contributed by atoms with E-state index in [1.54, 1.807) is 23.9 Å². The van der Waals surface area contributed by atoms with E-state index in [1.165, 1.54) is 18.5 Å². The van der Waals surface area contributed by atoms with Gasteiger partial charge in [-0.1, -0.05) is 30.0 Å². The number of thioether (sulfide) groups is 1. The Hall–Kier alpha value is -2.04. The Bertz CT molecular complexity index is 1130. The number of fused-ring (bicyclic) bond motifs is 1. The SMILES string of the molecule is Cc1ncoc1-c1nnc(SCCCN2CC3CC3(c3ccccc3C(F)(F)F)C2)n1C.Cl. The number of piperidine rings is 1. The third-order valence-corrected chi connectivity index (χ3v) is 7.73. The van der Waals surface area contributed by atoms with Crippen molar-refractivity contribution in [1.29, 1.82) is 0 Å². The lowest BCUT2D eigenvalue weighted by Gasteiger charge is -2.23. The number of hydrogen-bond acceptors (Lipinski definition) is 6. The summed E-state index contributed by atoms with van der Waals surface area (Å²) in [6, 6.07) is 6.09. The Labute approximate surface area is 200 Å². The molecule has 0 spiro atoms. The van der Waals surface area contributed by atoms with Crippen molar-refractivity contribution in [3.8, 4) is 11.6 Å². The molecule has 6 nitrogen and oxygen atoms in total. The lowest BCUT2D eigenvalue weighted by Crippen LogP contribution is -2.29. The van der Waals surface area contributed by atoms with E-state index in [0.717, 1.165) is 42.5 Å². The van der Waals surface area contributed by atoms with Gasteiger partial charge in [0.25, 0.3) is 0 Å². The third kappa shape index (κ3) is 4.40. The quantitative estimate of drug-likeness (QED) is 0.338. The number of oxazole rings is 1. The highest BCUT2D eigenvalue weighted by Gasteiger charge is 2.62. The predicted molar refractivity (Wildman–Crippen MR) is 121 cm³/mol. The lowest BCUT2D eigenvalue weighted by molar-refractivity contribution is -0.138. The summed E-state index contributed by atoms with van der Waals surface area (Å²) < 4.78 is 47.8.